The van der Waals surface area contributed by atoms with Crippen LogP contribution in [-0.2, 0) is 23.7 Å². The number of aryl methyl sites for hydroxylation is 2. The predicted octanol–water partition coefficient (Wildman–Crippen LogP) is 23.4. The monoisotopic (exact) mass is 1090 g/mol. The van der Waals surface area contributed by atoms with E-state index in [4.69, 9.17) is 0 Å². The highest BCUT2D eigenvalue weighted by molar-refractivity contribution is 7.24. The Balaban J connectivity index is 0.952. The van der Waals surface area contributed by atoms with Crippen LogP contribution in [0.15, 0.2) is 182 Å². The summed E-state index contributed by atoms with van der Waals surface area (Å²) in [5, 5.41) is 4.97. The molecule has 0 N–H and O–H groups in total. The van der Waals surface area contributed by atoms with Crippen LogP contribution in [0.2, 0.25) is 0 Å². The number of rotatable bonds is 16. The number of benzene rings is 7. The molecule has 0 unspecified atom stereocenters. The van der Waals surface area contributed by atoms with Gasteiger partial charge in [0.25, 0.3) is 0 Å². The van der Waals surface area contributed by atoms with E-state index in [0.717, 1.165) is 0 Å². The molecule has 0 aliphatic carbocycles. The first-order valence-electron chi connectivity index (χ1n) is 28.5. The highest BCUT2D eigenvalue weighted by Gasteiger charge is 2.44. The molecule has 2 nitrogen and oxygen atoms in total. The highest BCUT2D eigenvalue weighted by Crippen LogP contribution is 2.61. The first kappa shape index (κ1) is 50.9. The normalized spacial score (nSPS) is 14.2. The maximum Gasteiger partial charge on any atom is 0.0540 e. The van der Waals surface area contributed by atoms with E-state index in [9.17, 15) is 0 Å². The highest BCUT2D eigenvalue weighted by atomic mass is 32.1. The van der Waals surface area contributed by atoms with Gasteiger partial charge in [0, 0.05) is 60.6 Å². The smallest absolute Gasteiger partial charge is 0.0540 e. The summed E-state index contributed by atoms with van der Waals surface area (Å²) in [6.07, 6.45) is 12.7. The summed E-state index contributed by atoms with van der Waals surface area (Å²) in [6.45, 7) is 14.4. The van der Waals surface area contributed by atoms with Gasteiger partial charge in [-0.1, -0.05) is 165 Å². The zero-order chi connectivity index (χ0) is 53.1. The lowest BCUT2D eigenvalue weighted by Crippen LogP contribution is -2.35. The van der Waals surface area contributed by atoms with Gasteiger partial charge in [-0.25, -0.2) is 0 Å². The number of unbranched alkanes of at least 4 members (excludes halogenated alkanes) is 6. The molecule has 6 heteroatoms. The quantitative estimate of drug-likeness (QED) is 0.0890. The van der Waals surface area contributed by atoms with E-state index in [0.29, 0.717) is 0 Å². The molecule has 0 atom stereocenters. The minimum Gasteiger partial charge on any atom is -0.309 e. The molecule has 2 aliphatic heterocycles. The lowest BCUT2D eigenvalue weighted by Gasteiger charge is -2.47. The molecular weight excluding hydrogens is 1020 g/mol. The van der Waals surface area contributed by atoms with Crippen molar-refractivity contribution >= 4 is 101 Å². The molecule has 0 fully saturated rings. The molecule has 78 heavy (non-hydrogen) atoms. The maximum atomic E-state index is 2.61. The van der Waals surface area contributed by atoms with Crippen molar-refractivity contribution in [3.05, 3.63) is 214 Å². The third-order valence-corrected chi connectivity index (χ3v) is 21.9. The third kappa shape index (κ3) is 9.07. The first-order chi connectivity index (χ1) is 38.1. The van der Waals surface area contributed by atoms with E-state index in [-0.39, 0.29) is 10.8 Å². The SMILES string of the molecule is CCCCCCc1ccc(-c2ccc(-c3ccc4c(c3)C(C)(C)c3cc5c(cc3N4c3cccc4ccccc34)C(C)(C)c3cc(-c4ccc(-c6ccc(CCCCCC)s6)s4)ccc3N5c3cccc4ccccc34)s2)s1. The van der Waals surface area contributed by atoms with Gasteiger partial charge in [0.2, 0.25) is 0 Å². The molecule has 0 radical (unpaired) electrons. The largest absolute Gasteiger partial charge is 0.309 e. The van der Waals surface area contributed by atoms with Gasteiger partial charge in [0.1, 0.15) is 0 Å². The van der Waals surface area contributed by atoms with Crippen LogP contribution in [0, 0.1) is 0 Å². The summed E-state index contributed by atoms with van der Waals surface area (Å²) in [5.74, 6) is 0. The number of fused-ring (bicyclic) bond motifs is 6. The summed E-state index contributed by atoms with van der Waals surface area (Å²) >= 11 is 7.80. The van der Waals surface area contributed by atoms with Crippen LogP contribution < -0.4 is 9.80 Å². The molecule has 0 bridgehead atoms. The van der Waals surface area contributed by atoms with Crippen LogP contribution in [0.1, 0.15) is 125 Å². The molecule has 0 spiro atoms. The van der Waals surface area contributed by atoms with Crippen molar-refractivity contribution in [1.82, 2.24) is 0 Å². The maximum absolute atomic E-state index is 2.61. The van der Waals surface area contributed by atoms with Gasteiger partial charge in [-0.05, 0) is 167 Å². The second kappa shape index (κ2) is 20.9. The Labute approximate surface area is 478 Å². The molecule has 0 saturated heterocycles. The van der Waals surface area contributed by atoms with E-state index in [1.54, 1.807) is 0 Å². The van der Waals surface area contributed by atoms with Gasteiger partial charge < -0.3 is 9.80 Å². The first-order valence-corrected chi connectivity index (χ1v) is 31.8. The average Bonchev–Trinajstić information content (AvgIpc) is 4.36. The molecule has 13 rings (SSSR count). The van der Waals surface area contributed by atoms with E-state index < -0.39 is 0 Å². The zero-order valence-electron chi connectivity index (χ0n) is 45.9. The van der Waals surface area contributed by atoms with Crippen LogP contribution in [0.4, 0.5) is 34.1 Å². The summed E-state index contributed by atoms with van der Waals surface area (Å²) in [7, 11) is 0. The molecule has 6 heterocycles. The minimum absolute atomic E-state index is 0.356. The molecule has 4 aromatic heterocycles. The Hall–Kier alpha value is -6.54. The Morgan fingerprint density at radius 1 is 0.321 bits per heavy atom. The van der Waals surface area contributed by atoms with Gasteiger partial charge in [0.05, 0.1) is 34.1 Å². The molecular formula is C72H68N2S4. The minimum atomic E-state index is -0.356. The van der Waals surface area contributed by atoms with E-state index in [1.807, 2.05) is 45.3 Å². The van der Waals surface area contributed by atoms with Gasteiger partial charge in [-0.2, -0.15) is 0 Å². The second-order valence-electron chi connectivity index (χ2n) is 22.7. The van der Waals surface area contributed by atoms with Crippen molar-refractivity contribution in [1.29, 1.82) is 0 Å². The Morgan fingerprint density at radius 2 is 0.705 bits per heavy atom. The third-order valence-electron chi connectivity index (χ3n) is 16.9. The topological polar surface area (TPSA) is 6.48 Å². The Morgan fingerprint density at radius 3 is 1.15 bits per heavy atom. The Kier molecular flexibility index (Phi) is 13.7. The summed E-state index contributed by atoms with van der Waals surface area (Å²) < 4.78 is 0. The number of anilines is 6. The fraction of sp³-hybridized carbons (Fsp3) is 0.250. The number of nitrogens with zero attached hydrogens (tertiary/aromatic N) is 2. The predicted molar refractivity (Wildman–Crippen MR) is 344 cm³/mol. The standard InChI is InChI=1S/C72H68N2S4/c1-7-9-11-13-25-51-33-37-67(75-51)69-41-39-65(77-69)49-31-35-61-55(43-49)71(3,4)57-45-64-58(46-63(57)73(61)59-29-19-23-47-21-15-17-27-53(47)59)72(5,6)56-44-50(32-36-62(56)74(64)60-30-20-24-48-22-16-18-28-54(48)60)66-40-42-70(78-66)68-38-34-52(76-68)26-14-12-10-8-2/h15-24,27-46H,7-14,25-26H2,1-6H3. The summed E-state index contributed by atoms with van der Waals surface area (Å²) in [4.78, 5) is 16.3. The molecule has 11 aromatic rings. The molecule has 390 valence electrons. The summed E-state index contributed by atoms with van der Waals surface area (Å²) in [6, 6.07) is 70.1. The van der Waals surface area contributed by atoms with E-state index >= 15 is 0 Å². The van der Waals surface area contributed by atoms with Gasteiger partial charge in [0.15, 0.2) is 0 Å². The lowest BCUT2D eigenvalue weighted by molar-refractivity contribution is 0.615. The molecule has 2 aliphatic rings. The van der Waals surface area contributed by atoms with Crippen LogP contribution in [0.3, 0.4) is 0 Å². The van der Waals surface area contributed by atoms with Crippen molar-refractivity contribution in [3.8, 4) is 40.4 Å². The van der Waals surface area contributed by atoms with Crippen LogP contribution in [-0.4, -0.2) is 0 Å². The van der Waals surface area contributed by atoms with Crippen LogP contribution in [0.5, 0.6) is 0 Å². The lowest BCUT2D eigenvalue weighted by atomic mass is 9.68. The van der Waals surface area contributed by atoms with E-state index in [2.05, 4.69) is 233 Å². The fourth-order valence-corrected chi connectivity index (χ4v) is 16.9. The Bertz CT molecular complexity index is 3730. The van der Waals surface area contributed by atoms with Crippen molar-refractivity contribution in [2.24, 2.45) is 0 Å². The van der Waals surface area contributed by atoms with Crippen molar-refractivity contribution in [2.45, 2.75) is 117 Å². The van der Waals surface area contributed by atoms with Crippen molar-refractivity contribution in [2.75, 3.05) is 9.80 Å². The van der Waals surface area contributed by atoms with Crippen molar-refractivity contribution in [3.63, 3.8) is 0 Å². The van der Waals surface area contributed by atoms with Gasteiger partial charge in [-0.3, -0.25) is 0 Å². The molecule has 0 saturated carbocycles. The number of hydrogen-bond acceptors (Lipinski definition) is 6. The number of hydrogen-bond donors (Lipinski definition) is 0. The molecule has 7 aromatic carbocycles. The van der Waals surface area contributed by atoms with Gasteiger partial charge >= 0.3 is 0 Å². The average molecular weight is 1090 g/mol. The van der Waals surface area contributed by atoms with E-state index in [1.165, 1.54) is 192 Å². The molecule has 0 amide bonds. The van der Waals surface area contributed by atoms with Crippen LogP contribution in [0.25, 0.3) is 61.9 Å². The van der Waals surface area contributed by atoms with Gasteiger partial charge in [-0.15, -0.1) is 45.3 Å². The summed E-state index contributed by atoms with van der Waals surface area (Å²) in [5.41, 5.74) is 14.5. The number of thiophene rings is 4. The van der Waals surface area contributed by atoms with Crippen LogP contribution >= 0.6 is 45.3 Å². The zero-order valence-corrected chi connectivity index (χ0v) is 49.2. The van der Waals surface area contributed by atoms with Crippen molar-refractivity contribution < 1.29 is 0 Å². The second-order valence-corrected chi connectivity index (χ2v) is 27.3. The fourth-order valence-electron chi connectivity index (χ4n) is 12.6.